The first kappa shape index (κ1) is 10.0. The molecule has 78 valence electrons. The van der Waals surface area contributed by atoms with E-state index < -0.39 is 0 Å². The number of benzene rings is 1. The minimum absolute atomic E-state index is 1.01. The van der Waals surface area contributed by atoms with Crippen molar-refractivity contribution in [3.05, 3.63) is 47.7 Å². The van der Waals surface area contributed by atoms with Crippen LogP contribution in [0.1, 0.15) is 24.7 Å². The molecule has 2 rings (SSSR count). The molecule has 0 spiro atoms. The molecule has 0 atom stereocenters. The highest BCUT2D eigenvalue weighted by molar-refractivity contribution is 5.61. The molecule has 1 aromatic heterocycles. The summed E-state index contributed by atoms with van der Waals surface area (Å²) in [4.78, 5) is 0. The summed E-state index contributed by atoms with van der Waals surface area (Å²) in [6.07, 6.45) is 2.15. The molecule has 0 unspecified atom stereocenters. The SMILES string of the molecule is CCCc1cc(C)c(-c2ccccc2)o1. The lowest BCUT2D eigenvalue weighted by Gasteiger charge is -1.97. The quantitative estimate of drug-likeness (QED) is 0.723. The van der Waals surface area contributed by atoms with E-state index in [0.29, 0.717) is 0 Å². The average Bonchev–Trinajstić information content (AvgIpc) is 2.61. The second kappa shape index (κ2) is 4.35. The second-order valence-corrected chi connectivity index (χ2v) is 3.84. The fourth-order valence-electron chi connectivity index (χ4n) is 1.79. The number of aryl methyl sites for hydroxylation is 2. The van der Waals surface area contributed by atoms with Crippen LogP contribution in [0.4, 0.5) is 0 Å². The van der Waals surface area contributed by atoms with Gasteiger partial charge in [-0.05, 0) is 25.0 Å². The molecule has 0 aliphatic rings. The Labute approximate surface area is 90.7 Å². The van der Waals surface area contributed by atoms with Gasteiger partial charge < -0.3 is 4.42 Å². The van der Waals surface area contributed by atoms with Gasteiger partial charge in [-0.15, -0.1) is 0 Å². The van der Waals surface area contributed by atoms with Gasteiger partial charge in [-0.25, -0.2) is 0 Å². The Morgan fingerprint density at radius 1 is 1.13 bits per heavy atom. The maximum atomic E-state index is 5.84. The first-order chi connectivity index (χ1) is 7.31. The molecule has 1 heteroatoms. The van der Waals surface area contributed by atoms with E-state index in [1.165, 1.54) is 5.56 Å². The van der Waals surface area contributed by atoms with Gasteiger partial charge in [0.05, 0.1) is 0 Å². The van der Waals surface area contributed by atoms with Crippen molar-refractivity contribution >= 4 is 0 Å². The summed E-state index contributed by atoms with van der Waals surface area (Å²) in [7, 11) is 0. The van der Waals surface area contributed by atoms with Gasteiger partial charge >= 0.3 is 0 Å². The number of furan rings is 1. The van der Waals surface area contributed by atoms with Crippen molar-refractivity contribution in [2.24, 2.45) is 0 Å². The van der Waals surface area contributed by atoms with Gasteiger partial charge in [-0.2, -0.15) is 0 Å². The summed E-state index contributed by atoms with van der Waals surface area (Å²) in [5.41, 5.74) is 2.39. The van der Waals surface area contributed by atoms with Crippen molar-refractivity contribution in [1.82, 2.24) is 0 Å². The number of hydrogen-bond acceptors (Lipinski definition) is 1. The van der Waals surface area contributed by atoms with Gasteiger partial charge in [-0.1, -0.05) is 37.3 Å². The Morgan fingerprint density at radius 2 is 1.87 bits per heavy atom. The highest BCUT2D eigenvalue weighted by atomic mass is 16.3. The summed E-state index contributed by atoms with van der Waals surface area (Å²) >= 11 is 0. The maximum Gasteiger partial charge on any atom is 0.137 e. The van der Waals surface area contributed by atoms with Crippen LogP contribution in [0.3, 0.4) is 0 Å². The van der Waals surface area contributed by atoms with Gasteiger partial charge in [0.25, 0.3) is 0 Å². The van der Waals surface area contributed by atoms with Crippen LogP contribution in [0.15, 0.2) is 40.8 Å². The van der Waals surface area contributed by atoms with E-state index >= 15 is 0 Å². The second-order valence-electron chi connectivity index (χ2n) is 3.84. The van der Waals surface area contributed by atoms with Crippen LogP contribution < -0.4 is 0 Å². The molecule has 0 N–H and O–H groups in total. The van der Waals surface area contributed by atoms with Gasteiger partial charge in [0.2, 0.25) is 0 Å². The standard InChI is InChI=1S/C14H16O/c1-3-7-13-10-11(2)14(15-13)12-8-5-4-6-9-12/h4-6,8-10H,3,7H2,1-2H3. The summed E-state index contributed by atoms with van der Waals surface area (Å²) in [5.74, 6) is 2.10. The third-order valence-corrected chi connectivity index (χ3v) is 2.50. The van der Waals surface area contributed by atoms with E-state index in [2.05, 4.69) is 32.0 Å². The highest BCUT2D eigenvalue weighted by Gasteiger charge is 2.08. The Hall–Kier alpha value is -1.50. The minimum Gasteiger partial charge on any atom is -0.461 e. The molecule has 0 aliphatic heterocycles. The van der Waals surface area contributed by atoms with Crippen molar-refractivity contribution in [2.75, 3.05) is 0 Å². The zero-order valence-electron chi connectivity index (χ0n) is 9.29. The molecule has 1 heterocycles. The largest absolute Gasteiger partial charge is 0.461 e. The first-order valence-corrected chi connectivity index (χ1v) is 5.46. The van der Waals surface area contributed by atoms with Crippen LogP contribution in [0, 0.1) is 6.92 Å². The molecule has 0 saturated carbocycles. The summed E-state index contributed by atoms with van der Waals surface area (Å²) in [6, 6.07) is 12.4. The van der Waals surface area contributed by atoms with E-state index in [-0.39, 0.29) is 0 Å². The molecule has 1 nitrogen and oxygen atoms in total. The summed E-state index contributed by atoms with van der Waals surface area (Å²) in [5, 5.41) is 0. The van der Waals surface area contributed by atoms with Crippen LogP contribution >= 0.6 is 0 Å². The Morgan fingerprint density at radius 3 is 2.53 bits per heavy atom. The lowest BCUT2D eigenvalue weighted by atomic mass is 10.1. The van der Waals surface area contributed by atoms with Crippen molar-refractivity contribution in [3.63, 3.8) is 0 Å². The van der Waals surface area contributed by atoms with Crippen LogP contribution in [0.5, 0.6) is 0 Å². The topological polar surface area (TPSA) is 13.1 Å². The third kappa shape index (κ3) is 2.12. The fraction of sp³-hybridized carbons (Fsp3) is 0.286. The summed E-state index contributed by atoms with van der Waals surface area (Å²) in [6.45, 7) is 4.27. The van der Waals surface area contributed by atoms with Gasteiger partial charge in [-0.3, -0.25) is 0 Å². The predicted molar refractivity (Wildman–Crippen MR) is 62.9 cm³/mol. The molecular weight excluding hydrogens is 184 g/mol. The van der Waals surface area contributed by atoms with Crippen molar-refractivity contribution < 1.29 is 4.42 Å². The summed E-state index contributed by atoms with van der Waals surface area (Å²) < 4.78 is 5.84. The van der Waals surface area contributed by atoms with E-state index in [9.17, 15) is 0 Å². The van der Waals surface area contributed by atoms with Crippen LogP contribution in [-0.2, 0) is 6.42 Å². The molecule has 0 radical (unpaired) electrons. The molecule has 15 heavy (non-hydrogen) atoms. The van der Waals surface area contributed by atoms with E-state index in [4.69, 9.17) is 4.42 Å². The van der Waals surface area contributed by atoms with Gasteiger partial charge in [0.15, 0.2) is 0 Å². The fourth-order valence-corrected chi connectivity index (χ4v) is 1.79. The Kier molecular flexibility index (Phi) is 2.91. The lowest BCUT2D eigenvalue weighted by Crippen LogP contribution is -1.76. The Bertz CT molecular complexity index is 426. The first-order valence-electron chi connectivity index (χ1n) is 5.46. The maximum absolute atomic E-state index is 5.84. The van der Waals surface area contributed by atoms with Crippen LogP contribution in [0.25, 0.3) is 11.3 Å². The molecule has 1 aromatic carbocycles. The average molecular weight is 200 g/mol. The third-order valence-electron chi connectivity index (χ3n) is 2.50. The van der Waals surface area contributed by atoms with Crippen LogP contribution in [0.2, 0.25) is 0 Å². The van der Waals surface area contributed by atoms with Crippen LogP contribution in [-0.4, -0.2) is 0 Å². The molecule has 2 aromatic rings. The van der Waals surface area contributed by atoms with Gasteiger partial charge in [0, 0.05) is 12.0 Å². The normalized spacial score (nSPS) is 10.5. The van der Waals surface area contributed by atoms with E-state index in [1.807, 2.05) is 18.2 Å². The van der Waals surface area contributed by atoms with Gasteiger partial charge in [0.1, 0.15) is 11.5 Å². The molecular formula is C14H16O. The number of rotatable bonds is 3. The van der Waals surface area contributed by atoms with Crippen molar-refractivity contribution in [3.8, 4) is 11.3 Å². The van der Waals surface area contributed by atoms with Crippen molar-refractivity contribution in [1.29, 1.82) is 0 Å². The molecule has 0 amide bonds. The monoisotopic (exact) mass is 200 g/mol. The predicted octanol–water partition coefficient (Wildman–Crippen LogP) is 4.21. The zero-order valence-corrected chi connectivity index (χ0v) is 9.29. The number of hydrogen-bond donors (Lipinski definition) is 0. The molecule has 0 fully saturated rings. The van der Waals surface area contributed by atoms with E-state index in [0.717, 1.165) is 29.9 Å². The molecule has 0 aliphatic carbocycles. The van der Waals surface area contributed by atoms with Crippen molar-refractivity contribution in [2.45, 2.75) is 26.7 Å². The Balaban J connectivity index is 2.36. The lowest BCUT2D eigenvalue weighted by molar-refractivity contribution is 0.518. The molecule has 0 bridgehead atoms. The molecule has 0 saturated heterocycles. The zero-order chi connectivity index (χ0) is 10.7. The minimum atomic E-state index is 1.01. The highest BCUT2D eigenvalue weighted by Crippen LogP contribution is 2.26. The van der Waals surface area contributed by atoms with E-state index in [1.54, 1.807) is 0 Å². The smallest absolute Gasteiger partial charge is 0.137 e.